The van der Waals surface area contributed by atoms with Crippen LogP contribution in [0.2, 0.25) is 0 Å². The van der Waals surface area contributed by atoms with Crippen molar-refractivity contribution in [2.24, 2.45) is 23.5 Å². The Hall–Kier alpha value is -2.59. The standard InChI is InChI=1S/C15H15NO2.C8H13N/c1-10-6-5-9-13(11(10)2)16-14-8-4-3-7-12(14)15(17)18;9-5-8-4-6-1-2-7(8)3-6/h3-9,16H,1-2H3,(H,17,18);1-2,6-8H,3-5,9H2/t;6?,7?,8-/m.0/s1. The summed E-state index contributed by atoms with van der Waals surface area (Å²) in [7, 11) is 0. The molecular weight excluding hydrogens is 336 g/mol. The lowest BCUT2D eigenvalue weighted by molar-refractivity contribution is 0.0698. The monoisotopic (exact) mass is 364 g/mol. The third-order valence-corrected chi connectivity index (χ3v) is 5.75. The molecule has 1 fully saturated rings. The number of para-hydroxylation sites is 1. The highest BCUT2D eigenvalue weighted by Gasteiger charge is 2.34. The molecule has 0 aromatic heterocycles. The first-order chi connectivity index (χ1) is 13.0. The summed E-state index contributed by atoms with van der Waals surface area (Å²) in [4.78, 5) is 11.1. The van der Waals surface area contributed by atoms with Crippen molar-refractivity contribution in [3.05, 3.63) is 71.3 Å². The van der Waals surface area contributed by atoms with Gasteiger partial charge in [0, 0.05) is 5.69 Å². The highest BCUT2D eigenvalue weighted by Crippen LogP contribution is 2.42. The minimum Gasteiger partial charge on any atom is -0.478 e. The van der Waals surface area contributed by atoms with Crippen LogP contribution in [0.3, 0.4) is 0 Å². The summed E-state index contributed by atoms with van der Waals surface area (Å²) in [5.41, 5.74) is 9.70. The van der Waals surface area contributed by atoms with Crippen molar-refractivity contribution in [1.29, 1.82) is 0 Å². The smallest absolute Gasteiger partial charge is 0.337 e. The minimum absolute atomic E-state index is 0.276. The fourth-order valence-electron chi connectivity index (χ4n) is 3.98. The molecule has 2 aromatic rings. The van der Waals surface area contributed by atoms with E-state index in [0.717, 1.165) is 35.5 Å². The van der Waals surface area contributed by atoms with Gasteiger partial charge in [0.2, 0.25) is 0 Å². The summed E-state index contributed by atoms with van der Waals surface area (Å²) in [6.07, 6.45) is 7.46. The Bertz CT molecular complexity index is 844. The average molecular weight is 364 g/mol. The van der Waals surface area contributed by atoms with Gasteiger partial charge in [-0.3, -0.25) is 0 Å². The van der Waals surface area contributed by atoms with Gasteiger partial charge in [-0.05, 0) is 80.3 Å². The number of fused-ring (bicyclic) bond motifs is 2. The number of carboxylic acids is 1. The topological polar surface area (TPSA) is 75.3 Å². The van der Waals surface area contributed by atoms with E-state index in [1.54, 1.807) is 18.2 Å². The molecule has 0 saturated heterocycles. The van der Waals surface area contributed by atoms with Gasteiger partial charge >= 0.3 is 5.97 Å². The fraction of sp³-hybridized carbons (Fsp3) is 0.348. The van der Waals surface area contributed by atoms with Gasteiger partial charge in [-0.1, -0.05) is 36.4 Å². The number of anilines is 2. The summed E-state index contributed by atoms with van der Waals surface area (Å²) in [5.74, 6) is 1.63. The Morgan fingerprint density at radius 1 is 1.07 bits per heavy atom. The van der Waals surface area contributed by atoms with Crippen LogP contribution in [0.25, 0.3) is 0 Å². The third kappa shape index (κ3) is 4.40. The van der Waals surface area contributed by atoms with Crippen LogP contribution < -0.4 is 11.1 Å². The normalized spacial score (nSPS) is 22.3. The molecule has 142 valence electrons. The molecule has 2 unspecified atom stereocenters. The Morgan fingerprint density at radius 3 is 2.41 bits per heavy atom. The molecular formula is C23H28N2O2. The van der Waals surface area contributed by atoms with E-state index >= 15 is 0 Å². The fourth-order valence-corrected chi connectivity index (χ4v) is 3.98. The highest BCUT2D eigenvalue weighted by molar-refractivity contribution is 5.95. The molecule has 0 aliphatic heterocycles. The number of nitrogens with one attached hydrogen (secondary N) is 1. The number of aromatic carboxylic acids is 1. The molecule has 27 heavy (non-hydrogen) atoms. The maximum Gasteiger partial charge on any atom is 0.337 e. The van der Waals surface area contributed by atoms with Crippen LogP contribution in [0.5, 0.6) is 0 Å². The van der Waals surface area contributed by atoms with Gasteiger partial charge in [-0.25, -0.2) is 4.79 Å². The highest BCUT2D eigenvalue weighted by atomic mass is 16.4. The van der Waals surface area contributed by atoms with Gasteiger partial charge in [-0.2, -0.15) is 0 Å². The Kier molecular flexibility index (Phi) is 5.97. The van der Waals surface area contributed by atoms with Gasteiger partial charge in [0.15, 0.2) is 0 Å². The first-order valence-electron chi connectivity index (χ1n) is 9.53. The maximum atomic E-state index is 11.1. The SMILES string of the molecule is Cc1cccc(Nc2ccccc2C(=O)O)c1C.NC[C@@H]1CC2C=CC1C2. The van der Waals surface area contributed by atoms with Crippen LogP contribution in [-0.4, -0.2) is 17.6 Å². The summed E-state index contributed by atoms with van der Waals surface area (Å²) >= 11 is 0. The molecule has 4 rings (SSSR count). The van der Waals surface area contributed by atoms with E-state index in [1.807, 2.05) is 38.1 Å². The molecule has 1 saturated carbocycles. The van der Waals surface area contributed by atoms with E-state index < -0.39 is 5.97 Å². The van der Waals surface area contributed by atoms with Crippen molar-refractivity contribution in [3.63, 3.8) is 0 Å². The van der Waals surface area contributed by atoms with E-state index in [4.69, 9.17) is 10.8 Å². The van der Waals surface area contributed by atoms with Gasteiger partial charge < -0.3 is 16.2 Å². The first kappa shape index (κ1) is 19.2. The van der Waals surface area contributed by atoms with E-state index in [2.05, 4.69) is 17.5 Å². The van der Waals surface area contributed by atoms with E-state index in [-0.39, 0.29) is 5.56 Å². The zero-order valence-corrected chi connectivity index (χ0v) is 16.0. The molecule has 2 bridgehead atoms. The number of benzene rings is 2. The van der Waals surface area contributed by atoms with Gasteiger partial charge in [0.05, 0.1) is 11.3 Å². The van der Waals surface area contributed by atoms with Crippen LogP contribution in [0, 0.1) is 31.6 Å². The van der Waals surface area contributed by atoms with Crippen molar-refractivity contribution in [3.8, 4) is 0 Å². The van der Waals surface area contributed by atoms with Crippen molar-refractivity contribution in [2.75, 3.05) is 11.9 Å². The number of hydrogen-bond acceptors (Lipinski definition) is 3. The molecule has 4 heteroatoms. The van der Waals surface area contributed by atoms with Crippen molar-refractivity contribution < 1.29 is 9.90 Å². The van der Waals surface area contributed by atoms with E-state index in [1.165, 1.54) is 18.4 Å². The maximum absolute atomic E-state index is 11.1. The first-order valence-corrected chi connectivity index (χ1v) is 9.53. The lowest BCUT2D eigenvalue weighted by Crippen LogP contribution is -2.17. The quantitative estimate of drug-likeness (QED) is 0.674. The van der Waals surface area contributed by atoms with Crippen LogP contribution in [0.15, 0.2) is 54.6 Å². The van der Waals surface area contributed by atoms with Crippen LogP contribution in [-0.2, 0) is 0 Å². The third-order valence-electron chi connectivity index (χ3n) is 5.75. The van der Waals surface area contributed by atoms with E-state index in [9.17, 15) is 4.79 Å². The van der Waals surface area contributed by atoms with Crippen LogP contribution >= 0.6 is 0 Å². The predicted molar refractivity (Wildman–Crippen MR) is 110 cm³/mol. The van der Waals surface area contributed by atoms with Crippen LogP contribution in [0.4, 0.5) is 11.4 Å². The lowest BCUT2D eigenvalue weighted by atomic mass is 9.94. The summed E-state index contributed by atoms with van der Waals surface area (Å²) in [5, 5.41) is 12.3. The number of nitrogens with two attached hydrogens (primary N) is 1. The Morgan fingerprint density at radius 2 is 1.81 bits per heavy atom. The molecule has 2 aromatic carbocycles. The van der Waals surface area contributed by atoms with Crippen LogP contribution in [0.1, 0.15) is 34.3 Å². The van der Waals surface area contributed by atoms with Gasteiger partial charge in [0.25, 0.3) is 0 Å². The van der Waals surface area contributed by atoms with Crippen molar-refractivity contribution >= 4 is 17.3 Å². The molecule has 2 aliphatic carbocycles. The average Bonchev–Trinajstić information content (AvgIpc) is 3.29. The number of allylic oxidation sites excluding steroid dienone is 2. The van der Waals surface area contributed by atoms with Gasteiger partial charge in [-0.15, -0.1) is 0 Å². The number of carbonyl (C=O) groups is 1. The molecule has 0 spiro atoms. The molecule has 0 radical (unpaired) electrons. The molecule has 0 heterocycles. The molecule has 4 N–H and O–H groups in total. The number of carboxylic acid groups (broad SMARTS) is 1. The Balaban J connectivity index is 0.000000193. The van der Waals surface area contributed by atoms with E-state index in [0.29, 0.717) is 5.69 Å². The second-order valence-electron chi connectivity index (χ2n) is 7.50. The number of hydrogen-bond donors (Lipinski definition) is 3. The molecule has 4 nitrogen and oxygen atoms in total. The van der Waals surface area contributed by atoms with Crippen molar-refractivity contribution in [1.82, 2.24) is 0 Å². The zero-order chi connectivity index (χ0) is 19.4. The molecule has 2 aliphatic rings. The largest absolute Gasteiger partial charge is 0.478 e. The lowest BCUT2D eigenvalue weighted by Gasteiger charge is -2.14. The molecule has 3 atom stereocenters. The number of aryl methyl sites for hydroxylation is 1. The zero-order valence-electron chi connectivity index (χ0n) is 16.0. The van der Waals surface area contributed by atoms with Crippen molar-refractivity contribution in [2.45, 2.75) is 26.7 Å². The van der Waals surface area contributed by atoms with Gasteiger partial charge in [0.1, 0.15) is 0 Å². The predicted octanol–water partition coefficient (Wildman–Crippen LogP) is 4.90. The summed E-state index contributed by atoms with van der Waals surface area (Å²) in [6.45, 7) is 4.94. The second-order valence-corrected chi connectivity index (χ2v) is 7.50. The minimum atomic E-state index is -0.927. The molecule has 0 amide bonds. The second kappa shape index (κ2) is 8.40. The number of rotatable bonds is 4. The Labute approximate surface area is 161 Å². The summed E-state index contributed by atoms with van der Waals surface area (Å²) in [6, 6.07) is 12.8. The summed E-state index contributed by atoms with van der Waals surface area (Å²) < 4.78 is 0.